The Kier molecular flexibility index (Phi) is 6.11. The topological polar surface area (TPSA) is 115 Å². The van der Waals surface area contributed by atoms with Crippen LogP contribution in [0, 0.1) is 0 Å². The van der Waals surface area contributed by atoms with Crippen molar-refractivity contribution >= 4 is 17.7 Å². The maximum absolute atomic E-state index is 11.9. The highest BCUT2D eigenvalue weighted by atomic mass is 16.4. The molecule has 0 rings (SSSR count). The number of aliphatic hydroxyl groups is 1. The summed E-state index contributed by atoms with van der Waals surface area (Å²) >= 11 is 0. The summed E-state index contributed by atoms with van der Waals surface area (Å²) in [5.41, 5.74) is -2.02. The Morgan fingerprint density at radius 3 is 2.05 bits per heavy atom. The van der Waals surface area contributed by atoms with E-state index < -0.39 is 29.7 Å². The van der Waals surface area contributed by atoms with Crippen LogP contribution in [0.5, 0.6) is 0 Å². The van der Waals surface area contributed by atoms with Crippen LogP contribution < -0.4 is 5.11 Å². The zero-order valence-corrected chi connectivity index (χ0v) is 11.5. The van der Waals surface area contributed by atoms with Gasteiger partial charge in [0, 0.05) is 25.2 Å². The molecule has 1 unspecified atom stereocenters. The lowest BCUT2D eigenvalue weighted by Crippen LogP contribution is -2.56. The van der Waals surface area contributed by atoms with Crippen LogP contribution in [-0.2, 0) is 14.4 Å². The van der Waals surface area contributed by atoms with Gasteiger partial charge >= 0.3 is 5.97 Å². The average molecular weight is 275 g/mol. The van der Waals surface area contributed by atoms with Crippen molar-refractivity contribution in [3.8, 4) is 0 Å². The third kappa shape index (κ3) is 7.53. The van der Waals surface area contributed by atoms with Crippen molar-refractivity contribution in [2.45, 2.75) is 31.3 Å². The van der Waals surface area contributed by atoms with Crippen LogP contribution in [-0.4, -0.2) is 65.7 Å². The van der Waals surface area contributed by atoms with Gasteiger partial charge in [0.15, 0.2) is 11.4 Å². The summed E-state index contributed by atoms with van der Waals surface area (Å²) in [6, 6.07) is 0. The van der Waals surface area contributed by atoms with E-state index in [2.05, 4.69) is 0 Å². The minimum absolute atomic E-state index is 0.0701. The standard InChI is InChI=1S/C12H21NO6/c1-13(2,3)8-12(19,7-11(17)18)9(14)5-4-6-10(15)16/h19H,4-8H2,1-3H3,(H-,15,16,17,18). The second kappa shape index (κ2) is 6.63. The second-order valence-electron chi connectivity index (χ2n) is 5.70. The van der Waals surface area contributed by atoms with E-state index in [1.165, 1.54) is 0 Å². The predicted octanol–water partition coefficient (Wildman–Crippen LogP) is -1.61. The zero-order valence-electron chi connectivity index (χ0n) is 11.5. The zero-order chi connectivity index (χ0) is 15.3. The SMILES string of the molecule is C[N+](C)(C)CC(O)(CC(=O)[O-])C(=O)CCCC(=O)O. The molecule has 0 radical (unpaired) electrons. The highest BCUT2D eigenvalue weighted by Gasteiger charge is 2.40. The molecule has 0 saturated heterocycles. The molecule has 2 N–H and O–H groups in total. The molecule has 0 fully saturated rings. The van der Waals surface area contributed by atoms with Gasteiger partial charge < -0.3 is 24.6 Å². The summed E-state index contributed by atoms with van der Waals surface area (Å²) in [6.45, 7) is -0.0765. The molecule has 19 heavy (non-hydrogen) atoms. The van der Waals surface area contributed by atoms with Crippen LogP contribution in [0.15, 0.2) is 0 Å². The molecular weight excluding hydrogens is 254 g/mol. The maximum Gasteiger partial charge on any atom is 0.303 e. The lowest BCUT2D eigenvalue weighted by Gasteiger charge is -2.34. The lowest BCUT2D eigenvalue weighted by atomic mass is 9.90. The van der Waals surface area contributed by atoms with Crippen molar-refractivity contribution < 1.29 is 34.2 Å². The number of quaternary nitrogens is 1. The number of carbonyl (C=O) groups is 3. The number of hydrogen-bond donors (Lipinski definition) is 2. The maximum atomic E-state index is 11.9. The predicted molar refractivity (Wildman–Crippen MR) is 64.0 cm³/mol. The Hall–Kier alpha value is -1.47. The fourth-order valence-electron chi connectivity index (χ4n) is 1.90. The molecule has 1 atom stereocenters. The van der Waals surface area contributed by atoms with E-state index in [0.717, 1.165) is 0 Å². The number of likely N-dealkylation sites (N-methyl/N-ethyl adjacent to an activating group) is 1. The fourth-order valence-corrected chi connectivity index (χ4v) is 1.90. The Bertz CT molecular complexity index is 360. The quantitative estimate of drug-likeness (QED) is 0.489. The van der Waals surface area contributed by atoms with Crippen LogP contribution >= 0.6 is 0 Å². The summed E-state index contributed by atoms with van der Waals surface area (Å²) < 4.78 is 0.203. The monoisotopic (exact) mass is 275 g/mol. The van der Waals surface area contributed by atoms with E-state index in [1.807, 2.05) is 0 Å². The van der Waals surface area contributed by atoms with Crippen LogP contribution in [0.4, 0.5) is 0 Å². The lowest BCUT2D eigenvalue weighted by molar-refractivity contribution is -0.875. The van der Waals surface area contributed by atoms with Crippen LogP contribution in [0.3, 0.4) is 0 Å². The molecule has 0 aromatic heterocycles. The first-order valence-corrected chi connectivity index (χ1v) is 5.94. The molecule has 7 nitrogen and oxygen atoms in total. The summed E-state index contributed by atoms with van der Waals surface area (Å²) in [7, 11) is 5.14. The Labute approximate surface area is 112 Å². The molecule has 0 aliphatic heterocycles. The Morgan fingerprint density at radius 1 is 1.16 bits per heavy atom. The van der Waals surface area contributed by atoms with E-state index in [9.17, 15) is 24.6 Å². The normalized spacial score (nSPS) is 14.7. The van der Waals surface area contributed by atoms with Gasteiger partial charge in [0.2, 0.25) is 0 Å². The molecule has 0 bridgehead atoms. The molecular formula is C12H21NO6. The van der Waals surface area contributed by atoms with Crippen molar-refractivity contribution in [2.75, 3.05) is 27.7 Å². The molecule has 0 amide bonds. The van der Waals surface area contributed by atoms with Gasteiger partial charge in [0.05, 0.1) is 21.1 Å². The van der Waals surface area contributed by atoms with Crippen molar-refractivity contribution in [2.24, 2.45) is 0 Å². The van der Waals surface area contributed by atoms with Gasteiger partial charge in [-0.2, -0.15) is 0 Å². The molecule has 0 aliphatic carbocycles. The van der Waals surface area contributed by atoms with Gasteiger partial charge in [-0.25, -0.2) is 0 Å². The number of carbonyl (C=O) groups excluding carboxylic acids is 2. The third-order valence-corrected chi connectivity index (χ3v) is 2.49. The van der Waals surface area contributed by atoms with Gasteiger partial charge in [0.1, 0.15) is 6.54 Å². The summed E-state index contributed by atoms with van der Waals surface area (Å²) in [5, 5.41) is 29.4. The molecule has 7 heteroatoms. The number of aliphatic carboxylic acids is 2. The van der Waals surface area contributed by atoms with Gasteiger partial charge in [-0.05, 0) is 6.42 Å². The van der Waals surface area contributed by atoms with Gasteiger partial charge in [-0.3, -0.25) is 9.59 Å². The van der Waals surface area contributed by atoms with Crippen LogP contribution in [0.25, 0.3) is 0 Å². The molecule has 110 valence electrons. The average Bonchev–Trinajstić information content (AvgIpc) is 2.11. The number of carboxylic acids is 2. The Balaban J connectivity index is 4.77. The Morgan fingerprint density at radius 2 is 1.68 bits per heavy atom. The van der Waals surface area contributed by atoms with E-state index in [4.69, 9.17) is 5.11 Å². The second-order valence-corrected chi connectivity index (χ2v) is 5.70. The van der Waals surface area contributed by atoms with E-state index in [0.29, 0.717) is 0 Å². The van der Waals surface area contributed by atoms with E-state index in [-0.39, 0.29) is 30.3 Å². The molecule has 0 saturated carbocycles. The number of ketones is 1. The number of Topliss-reactive ketones (excluding diaryl/α,β-unsaturated/α-hetero) is 1. The summed E-state index contributed by atoms with van der Waals surface area (Å²) in [5.74, 6) is -3.21. The largest absolute Gasteiger partial charge is 0.550 e. The number of rotatable bonds is 9. The van der Waals surface area contributed by atoms with Crippen LogP contribution in [0.1, 0.15) is 25.7 Å². The van der Waals surface area contributed by atoms with Gasteiger partial charge in [-0.1, -0.05) is 0 Å². The fraction of sp³-hybridized carbons (Fsp3) is 0.750. The highest BCUT2D eigenvalue weighted by Crippen LogP contribution is 2.18. The molecule has 0 aromatic carbocycles. The van der Waals surface area contributed by atoms with E-state index in [1.54, 1.807) is 21.1 Å². The molecule has 0 heterocycles. The van der Waals surface area contributed by atoms with Crippen LogP contribution in [0.2, 0.25) is 0 Å². The smallest absolute Gasteiger partial charge is 0.303 e. The first kappa shape index (κ1) is 17.5. The summed E-state index contributed by atoms with van der Waals surface area (Å²) in [4.78, 5) is 32.9. The molecule has 0 spiro atoms. The van der Waals surface area contributed by atoms with Gasteiger partial charge in [0.25, 0.3) is 0 Å². The molecule has 0 aromatic rings. The van der Waals surface area contributed by atoms with Gasteiger partial charge in [-0.15, -0.1) is 0 Å². The van der Waals surface area contributed by atoms with Crippen molar-refractivity contribution in [1.29, 1.82) is 0 Å². The minimum atomic E-state index is -2.02. The first-order valence-electron chi connectivity index (χ1n) is 5.94. The number of carboxylic acid groups (broad SMARTS) is 2. The highest BCUT2D eigenvalue weighted by molar-refractivity contribution is 5.90. The van der Waals surface area contributed by atoms with E-state index >= 15 is 0 Å². The number of nitrogens with zero attached hydrogens (tertiary/aromatic N) is 1. The first-order chi connectivity index (χ1) is 8.46. The minimum Gasteiger partial charge on any atom is -0.550 e. The summed E-state index contributed by atoms with van der Waals surface area (Å²) in [6.07, 6.45) is -1.08. The third-order valence-electron chi connectivity index (χ3n) is 2.49. The number of hydrogen-bond acceptors (Lipinski definition) is 5. The van der Waals surface area contributed by atoms with Crippen molar-refractivity contribution in [1.82, 2.24) is 0 Å². The molecule has 0 aliphatic rings. The van der Waals surface area contributed by atoms with Crippen molar-refractivity contribution in [3.63, 3.8) is 0 Å². The van der Waals surface area contributed by atoms with Crippen molar-refractivity contribution in [3.05, 3.63) is 0 Å².